The number of allylic oxidation sites excluding steroid dienone is 3. The highest BCUT2D eigenvalue weighted by Gasteiger charge is 2.27. The van der Waals surface area contributed by atoms with Crippen molar-refractivity contribution >= 4 is 13.7 Å². The Morgan fingerprint density at radius 2 is 1.17 bits per heavy atom. The summed E-state index contributed by atoms with van der Waals surface area (Å²) in [5, 5.41) is 23.9. The van der Waals surface area contributed by atoms with Crippen molar-refractivity contribution in [3.63, 3.8) is 0 Å². The largest absolute Gasteiger partial charge is 0.472 e. The summed E-state index contributed by atoms with van der Waals surface area (Å²) in [6.45, 7) is 3.93. The van der Waals surface area contributed by atoms with Crippen LogP contribution in [0.5, 0.6) is 0 Å². The van der Waals surface area contributed by atoms with Crippen molar-refractivity contribution in [3.05, 3.63) is 24.3 Å². The second-order valence-corrected chi connectivity index (χ2v) is 14.8. The molecule has 1 amide bonds. The molecule has 0 heterocycles. The molecular formula is C38H75N2O7P. The Hall–Kier alpha value is -1.06. The number of phosphoric acid groups is 1. The molecule has 0 saturated carbocycles. The number of phosphoric ester groups is 1. The van der Waals surface area contributed by atoms with Gasteiger partial charge in [0, 0.05) is 6.54 Å². The van der Waals surface area contributed by atoms with Gasteiger partial charge in [0.15, 0.2) is 0 Å². The van der Waals surface area contributed by atoms with Crippen LogP contribution in [0.25, 0.3) is 0 Å². The molecule has 9 nitrogen and oxygen atoms in total. The molecule has 0 aromatic rings. The number of aliphatic hydroxyl groups excluding tert-OH is 2. The van der Waals surface area contributed by atoms with E-state index in [1.807, 2.05) is 6.08 Å². The minimum atomic E-state index is -4.39. The second kappa shape index (κ2) is 34.4. The number of nitrogens with one attached hydrogen (secondary N) is 1. The van der Waals surface area contributed by atoms with Crippen LogP contribution in [-0.2, 0) is 18.4 Å². The monoisotopic (exact) mass is 703 g/mol. The number of unbranched alkanes of at least 4 members (excludes halogenated alkanes) is 20. The first-order chi connectivity index (χ1) is 23.3. The lowest BCUT2D eigenvalue weighted by Gasteiger charge is -2.24. The molecule has 48 heavy (non-hydrogen) atoms. The highest BCUT2D eigenvalue weighted by molar-refractivity contribution is 7.47. The summed E-state index contributed by atoms with van der Waals surface area (Å²) in [5.74, 6) is -0.457. The molecule has 0 aliphatic carbocycles. The molecular weight excluding hydrogens is 627 g/mol. The lowest BCUT2D eigenvalue weighted by Crippen LogP contribution is -2.46. The molecule has 4 unspecified atom stereocenters. The van der Waals surface area contributed by atoms with Crippen LogP contribution >= 0.6 is 7.82 Å². The number of carbonyl (C=O) groups excluding carboxylic acids is 1. The minimum absolute atomic E-state index is 0.0478. The third-order valence-electron chi connectivity index (χ3n) is 8.58. The zero-order valence-electron chi connectivity index (χ0n) is 30.8. The van der Waals surface area contributed by atoms with E-state index in [-0.39, 0.29) is 19.6 Å². The van der Waals surface area contributed by atoms with Crippen molar-refractivity contribution in [2.75, 3.05) is 19.8 Å². The van der Waals surface area contributed by atoms with Crippen molar-refractivity contribution in [2.24, 2.45) is 5.73 Å². The lowest BCUT2D eigenvalue weighted by atomic mass is 10.0. The van der Waals surface area contributed by atoms with Crippen LogP contribution < -0.4 is 11.1 Å². The predicted octanol–water partition coefficient (Wildman–Crippen LogP) is 9.19. The van der Waals surface area contributed by atoms with E-state index in [4.69, 9.17) is 14.8 Å². The molecule has 0 fully saturated rings. The molecule has 0 aliphatic rings. The Labute approximate surface area is 294 Å². The van der Waals surface area contributed by atoms with E-state index < -0.39 is 38.6 Å². The van der Waals surface area contributed by atoms with Gasteiger partial charge in [0.25, 0.3) is 0 Å². The Balaban J connectivity index is 4.37. The number of carbonyl (C=O) groups is 1. The number of aliphatic hydroxyl groups is 2. The summed E-state index contributed by atoms with van der Waals surface area (Å²) in [6, 6.07) is -0.983. The van der Waals surface area contributed by atoms with Crippen LogP contribution in [0.1, 0.15) is 174 Å². The zero-order valence-corrected chi connectivity index (χ0v) is 31.7. The average molecular weight is 703 g/mol. The predicted molar refractivity (Wildman–Crippen MR) is 200 cm³/mol. The Kier molecular flexibility index (Phi) is 33.6. The van der Waals surface area contributed by atoms with Crippen molar-refractivity contribution in [3.8, 4) is 0 Å². The molecule has 10 heteroatoms. The summed E-state index contributed by atoms with van der Waals surface area (Å²) in [7, 11) is -4.39. The van der Waals surface area contributed by atoms with Crippen LogP contribution in [0.3, 0.4) is 0 Å². The van der Waals surface area contributed by atoms with Gasteiger partial charge in [-0.05, 0) is 44.9 Å². The molecule has 0 aromatic heterocycles. The average Bonchev–Trinajstić information content (AvgIpc) is 3.06. The highest BCUT2D eigenvalue weighted by atomic mass is 31.2. The third-order valence-corrected chi connectivity index (χ3v) is 9.56. The molecule has 0 aliphatic heterocycles. The van der Waals surface area contributed by atoms with Crippen LogP contribution in [0.15, 0.2) is 24.3 Å². The van der Waals surface area contributed by atoms with E-state index in [9.17, 15) is 24.5 Å². The van der Waals surface area contributed by atoms with Gasteiger partial charge in [-0.15, -0.1) is 0 Å². The van der Waals surface area contributed by atoms with Gasteiger partial charge in [-0.2, -0.15) is 0 Å². The van der Waals surface area contributed by atoms with Gasteiger partial charge in [-0.3, -0.25) is 13.8 Å². The normalized spacial score (nSPS) is 15.2. The van der Waals surface area contributed by atoms with Gasteiger partial charge in [0.1, 0.15) is 0 Å². The van der Waals surface area contributed by atoms with Crippen LogP contribution in [0.4, 0.5) is 0 Å². The molecule has 0 aromatic carbocycles. The fourth-order valence-corrected chi connectivity index (χ4v) is 6.34. The first kappa shape index (κ1) is 46.9. The Bertz CT molecular complexity index is 827. The van der Waals surface area contributed by atoms with Crippen LogP contribution in [0.2, 0.25) is 0 Å². The first-order valence-electron chi connectivity index (χ1n) is 19.5. The van der Waals surface area contributed by atoms with Crippen molar-refractivity contribution < 1.29 is 33.5 Å². The summed E-state index contributed by atoms with van der Waals surface area (Å²) >= 11 is 0. The molecule has 0 spiro atoms. The molecule has 0 saturated heterocycles. The minimum Gasteiger partial charge on any atom is -0.393 e. The van der Waals surface area contributed by atoms with Crippen molar-refractivity contribution in [2.45, 2.75) is 193 Å². The van der Waals surface area contributed by atoms with E-state index in [0.717, 1.165) is 51.4 Å². The van der Waals surface area contributed by atoms with E-state index in [1.165, 1.54) is 96.3 Å². The standard InChI is InChI=1S/C38H75N2O7P/c1-3-5-7-9-11-13-15-16-17-18-19-20-21-23-25-27-29-35(41)33-38(43)40-36(34-47-48(44,45)46-32-31-39)37(42)30-28-26-24-22-14-12-10-8-6-4-2/h19-20,28,30,35-37,41-42H,3-18,21-27,29,31-34,39H2,1-2H3,(H,40,43)(H,44,45)/b20-19-,30-28+. The van der Waals surface area contributed by atoms with Gasteiger partial charge in [0.05, 0.1) is 37.9 Å². The van der Waals surface area contributed by atoms with Gasteiger partial charge >= 0.3 is 7.82 Å². The highest BCUT2D eigenvalue weighted by Crippen LogP contribution is 2.43. The van der Waals surface area contributed by atoms with E-state index >= 15 is 0 Å². The van der Waals surface area contributed by atoms with Gasteiger partial charge < -0.3 is 26.2 Å². The maximum Gasteiger partial charge on any atom is 0.472 e. The number of hydrogen-bond acceptors (Lipinski definition) is 7. The lowest BCUT2D eigenvalue weighted by molar-refractivity contribution is -0.124. The quantitative estimate of drug-likeness (QED) is 0.0246. The maximum absolute atomic E-state index is 12.7. The Morgan fingerprint density at radius 1 is 0.708 bits per heavy atom. The third kappa shape index (κ3) is 32.2. The van der Waals surface area contributed by atoms with Crippen molar-refractivity contribution in [1.82, 2.24) is 5.32 Å². The fraction of sp³-hybridized carbons (Fsp3) is 0.868. The molecule has 4 atom stereocenters. The topological polar surface area (TPSA) is 151 Å². The number of rotatable bonds is 36. The van der Waals surface area contributed by atoms with Gasteiger partial charge in [-0.1, -0.05) is 147 Å². The summed E-state index contributed by atoms with van der Waals surface area (Å²) in [4.78, 5) is 22.6. The summed E-state index contributed by atoms with van der Waals surface area (Å²) in [5.41, 5.74) is 5.34. The van der Waals surface area contributed by atoms with Gasteiger partial charge in [0.2, 0.25) is 5.91 Å². The fourth-order valence-electron chi connectivity index (χ4n) is 5.58. The van der Waals surface area contributed by atoms with Crippen molar-refractivity contribution in [1.29, 1.82) is 0 Å². The zero-order chi connectivity index (χ0) is 35.6. The Morgan fingerprint density at radius 3 is 1.67 bits per heavy atom. The molecule has 0 rings (SSSR count). The molecule has 0 radical (unpaired) electrons. The second-order valence-electron chi connectivity index (χ2n) is 13.3. The molecule has 6 N–H and O–H groups in total. The van der Waals surface area contributed by atoms with E-state index in [2.05, 4.69) is 31.3 Å². The first-order valence-corrected chi connectivity index (χ1v) is 21.0. The number of nitrogens with two attached hydrogens (primary N) is 1. The van der Waals surface area contributed by atoms with E-state index in [1.54, 1.807) is 6.08 Å². The summed E-state index contributed by atoms with van der Waals surface area (Å²) < 4.78 is 21.9. The molecule has 284 valence electrons. The van der Waals surface area contributed by atoms with Crippen LogP contribution in [0, 0.1) is 0 Å². The smallest absolute Gasteiger partial charge is 0.393 e. The van der Waals surface area contributed by atoms with Gasteiger partial charge in [-0.25, -0.2) is 4.57 Å². The number of hydrogen-bond donors (Lipinski definition) is 5. The SMILES string of the molecule is CCCCCCCCCC/C=C/C(O)C(COP(=O)(O)OCCN)NC(=O)CC(O)CCCCC/C=C\CCCCCCCCCCC. The van der Waals surface area contributed by atoms with E-state index in [0.29, 0.717) is 6.42 Å². The maximum atomic E-state index is 12.7. The molecule has 0 bridgehead atoms. The van der Waals surface area contributed by atoms with Crippen LogP contribution in [-0.4, -0.2) is 59.0 Å². The summed E-state index contributed by atoms with van der Waals surface area (Å²) in [6.07, 6.45) is 34.1. The number of amides is 1.